The molecule has 1 atom stereocenters. The van der Waals surface area contributed by atoms with Crippen molar-refractivity contribution in [3.8, 4) is 0 Å². The first-order valence-electron chi connectivity index (χ1n) is 6.07. The van der Waals surface area contributed by atoms with Gasteiger partial charge in [-0.1, -0.05) is 6.42 Å². The van der Waals surface area contributed by atoms with E-state index < -0.39 is 10.2 Å². The fourth-order valence-corrected chi connectivity index (χ4v) is 5.75. The van der Waals surface area contributed by atoms with Gasteiger partial charge >= 0.3 is 0 Å². The molecule has 0 saturated carbocycles. The Kier molecular flexibility index (Phi) is 5.00. The molecule has 0 aromatic rings. The fraction of sp³-hybridized carbons (Fsp3) is 1.00. The zero-order chi connectivity index (χ0) is 12.3. The van der Waals surface area contributed by atoms with Crippen LogP contribution >= 0.6 is 23.4 Å². The first-order valence-corrected chi connectivity index (χ1v) is 9.15. The average molecular weight is 299 g/mol. The lowest BCUT2D eigenvalue weighted by molar-refractivity contribution is 0.249. The smallest absolute Gasteiger partial charge is 0.195 e. The number of nitrogens with zero attached hydrogens (tertiary/aromatic N) is 2. The minimum Gasteiger partial charge on any atom is -0.195 e. The zero-order valence-electron chi connectivity index (χ0n) is 9.85. The van der Waals surface area contributed by atoms with Crippen LogP contribution in [0.5, 0.6) is 0 Å². The molecule has 0 aliphatic carbocycles. The van der Waals surface area contributed by atoms with Crippen LogP contribution in [0.1, 0.15) is 19.3 Å². The highest BCUT2D eigenvalue weighted by Gasteiger charge is 2.36. The monoisotopic (exact) mass is 298 g/mol. The van der Waals surface area contributed by atoms with Crippen molar-refractivity contribution in [1.29, 1.82) is 0 Å². The molecule has 0 radical (unpaired) electrons. The van der Waals surface area contributed by atoms with Crippen molar-refractivity contribution in [2.24, 2.45) is 0 Å². The van der Waals surface area contributed by atoms with Gasteiger partial charge in [-0.3, -0.25) is 0 Å². The maximum absolute atomic E-state index is 12.5. The summed E-state index contributed by atoms with van der Waals surface area (Å²) < 4.78 is 28.2. The lowest BCUT2D eigenvalue weighted by Crippen LogP contribution is -2.53. The van der Waals surface area contributed by atoms with E-state index in [-0.39, 0.29) is 6.04 Å². The zero-order valence-corrected chi connectivity index (χ0v) is 12.2. The third-order valence-electron chi connectivity index (χ3n) is 3.34. The van der Waals surface area contributed by atoms with Crippen LogP contribution in [0, 0.1) is 0 Å². The number of piperidine rings is 1. The Morgan fingerprint density at radius 1 is 1.18 bits per heavy atom. The minimum absolute atomic E-state index is 0.00926. The Hall–Kier alpha value is 0.510. The van der Waals surface area contributed by atoms with Crippen LogP contribution in [0.25, 0.3) is 0 Å². The maximum atomic E-state index is 12.5. The van der Waals surface area contributed by atoms with Crippen LogP contribution in [-0.4, -0.2) is 60.1 Å². The van der Waals surface area contributed by atoms with Gasteiger partial charge in [-0.15, -0.1) is 11.6 Å². The van der Waals surface area contributed by atoms with Crippen LogP contribution in [0.15, 0.2) is 0 Å². The van der Waals surface area contributed by atoms with Crippen molar-refractivity contribution < 1.29 is 8.42 Å². The Bertz CT molecular complexity index is 344. The van der Waals surface area contributed by atoms with Gasteiger partial charge in [0.1, 0.15) is 0 Å². The number of halogens is 1. The molecule has 2 saturated heterocycles. The topological polar surface area (TPSA) is 40.6 Å². The lowest BCUT2D eigenvalue weighted by Gasteiger charge is -2.38. The summed E-state index contributed by atoms with van der Waals surface area (Å²) in [4.78, 5) is 0. The SMILES string of the molecule is O=S(=O)(N1CCSCC1)N1CCCCC1CCl. The second-order valence-corrected chi connectivity index (χ2v) is 7.85. The number of alkyl halides is 1. The van der Waals surface area contributed by atoms with E-state index in [4.69, 9.17) is 11.6 Å². The average Bonchev–Trinajstić information content (AvgIpc) is 2.39. The van der Waals surface area contributed by atoms with Crippen LogP contribution in [0.3, 0.4) is 0 Å². The molecule has 0 N–H and O–H groups in total. The molecule has 0 spiro atoms. The molecule has 17 heavy (non-hydrogen) atoms. The van der Waals surface area contributed by atoms with E-state index in [1.165, 1.54) is 0 Å². The molecule has 2 rings (SSSR count). The molecule has 0 aromatic carbocycles. The molecule has 0 aromatic heterocycles. The normalized spacial score (nSPS) is 29.4. The quantitative estimate of drug-likeness (QED) is 0.739. The Labute approximate surface area is 113 Å². The predicted octanol–water partition coefficient (Wildman–Crippen LogP) is 1.37. The summed E-state index contributed by atoms with van der Waals surface area (Å²) in [5, 5.41) is 0. The molecule has 2 fully saturated rings. The van der Waals surface area contributed by atoms with Gasteiger partial charge in [0.15, 0.2) is 0 Å². The van der Waals surface area contributed by atoms with Crippen molar-refractivity contribution in [3.63, 3.8) is 0 Å². The van der Waals surface area contributed by atoms with Crippen molar-refractivity contribution in [2.45, 2.75) is 25.3 Å². The second kappa shape index (κ2) is 6.10. The Morgan fingerprint density at radius 3 is 2.53 bits per heavy atom. The molecule has 2 aliphatic heterocycles. The third-order valence-corrected chi connectivity index (χ3v) is 6.73. The van der Waals surface area contributed by atoms with E-state index in [1.54, 1.807) is 8.61 Å². The van der Waals surface area contributed by atoms with Gasteiger partial charge in [0.2, 0.25) is 0 Å². The minimum atomic E-state index is -3.28. The van der Waals surface area contributed by atoms with Crippen molar-refractivity contribution >= 4 is 33.6 Å². The summed E-state index contributed by atoms with van der Waals surface area (Å²) in [5.41, 5.74) is 0. The summed E-state index contributed by atoms with van der Waals surface area (Å²) in [5.74, 6) is 2.21. The van der Waals surface area contributed by atoms with E-state index in [0.717, 1.165) is 30.8 Å². The number of hydrogen-bond acceptors (Lipinski definition) is 3. The number of thioether (sulfide) groups is 1. The highest BCUT2D eigenvalue weighted by Crippen LogP contribution is 2.25. The summed E-state index contributed by atoms with van der Waals surface area (Å²) >= 11 is 7.71. The van der Waals surface area contributed by atoms with Crippen LogP contribution in [0.4, 0.5) is 0 Å². The van der Waals surface area contributed by atoms with Crippen LogP contribution < -0.4 is 0 Å². The summed E-state index contributed by atoms with van der Waals surface area (Å²) in [6, 6.07) is -0.00926. The lowest BCUT2D eigenvalue weighted by atomic mass is 10.1. The summed E-state index contributed by atoms with van der Waals surface area (Å²) in [6.45, 7) is 1.90. The largest absolute Gasteiger partial charge is 0.282 e. The van der Waals surface area contributed by atoms with Crippen LogP contribution in [0.2, 0.25) is 0 Å². The number of hydrogen-bond donors (Lipinski definition) is 0. The fourth-order valence-electron chi connectivity index (χ4n) is 2.36. The van der Waals surface area contributed by atoms with Crippen LogP contribution in [-0.2, 0) is 10.2 Å². The van der Waals surface area contributed by atoms with E-state index in [9.17, 15) is 8.42 Å². The van der Waals surface area contributed by atoms with Gasteiger partial charge in [-0.05, 0) is 12.8 Å². The van der Waals surface area contributed by atoms with Gasteiger partial charge in [-0.25, -0.2) is 0 Å². The molecule has 0 bridgehead atoms. The van der Waals surface area contributed by atoms with Gasteiger partial charge in [0.05, 0.1) is 0 Å². The van der Waals surface area contributed by atoms with E-state index >= 15 is 0 Å². The second-order valence-electron chi connectivity index (χ2n) is 4.43. The molecule has 2 aliphatic rings. The Morgan fingerprint density at radius 2 is 1.88 bits per heavy atom. The highest BCUT2D eigenvalue weighted by molar-refractivity contribution is 7.99. The first-order chi connectivity index (χ1) is 8.16. The van der Waals surface area contributed by atoms with Crippen molar-refractivity contribution in [1.82, 2.24) is 8.61 Å². The predicted molar refractivity (Wildman–Crippen MR) is 72.9 cm³/mol. The molecule has 2 heterocycles. The molecule has 4 nitrogen and oxygen atoms in total. The van der Waals surface area contributed by atoms with Gasteiger partial charge < -0.3 is 0 Å². The summed E-state index contributed by atoms with van der Waals surface area (Å²) in [6.07, 6.45) is 2.93. The van der Waals surface area contributed by atoms with Gasteiger partial charge in [0, 0.05) is 43.1 Å². The molecule has 7 heteroatoms. The number of rotatable bonds is 3. The van der Waals surface area contributed by atoms with E-state index in [0.29, 0.717) is 25.5 Å². The molecule has 1 unspecified atom stereocenters. The standard InChI is InChI=1S/C10H19ClN2O2S2/c11-9-10-3-1-2-4-13(10)17(14,15)12-5-7-16-8-6-12/h10H,1-9H2. The van der Waals surface area contributed by atoms with Crippen molar-refractivity contribution in [2.75, 3.05) is 37.0 Å². The molecule has 0 amide bonds. The first kappa shape index (κ1) is 13.9. The van der Waals surface area contributed by atoms with Gasteiger partial charge in [0.25, 0.3) is 10.2 Å². The third kappa shape index (κ3) is 3.10. The van der Waals surface area contributed by atoms with E-state index in [1.807, 2.05) is 11.8 Å². The van der Waals surface area contributed by atoms with Gasteiger partial charge in [-0.2, -0.15) is 28.8 Å². The maximum Gasteiger partial charge on any atom is 0.282 e. The molecule has 100 valence electrons. The Balaban J connectivity index is 2.11. The summed E-state index contributed by atoms with van der Waals surface area (Å²) in [7, 11) is -3.28. The highest BCUT2D eigenvalue weighted by atomic mass is 35.5. The molecular weight excluding hydrogens is 280 g/mol. The van der Waals surface area contributed by atoms with Crippen molar-refractivity contribution in [3.05, 3.63) is 0 Å². The van der Waals surface area contributed by atoms with E-state index in [2.05, 4.69) is 0 Å². The molecular formula is C10H19ClN2O2S2.